The van der Waals surface area contributed by atoms with Gasteiger partial charge in [0.1, 0.15) is 6.61 Å². The fourth-order valence-corrected chi connectivity index (χ4v) is 3.08. The Hall–Kier alpha value is -1.00. The molecule has 2 nitrogen and oxygen atoms in total. The van der Waals surface area contributed by atoms with E-state index in [1.807, 2.05) is 19.1 Å². The highest BCUT2D eigenvalue weighted by atomic mass is 79.9. The van der Waals surface area contributed by atoms with Crippen LogP contribution >= 0.6 is 27.3 Å². The lowest BCUT2D eigenvalue weighted by Crippen LogP contribution is -1.99. The summed E-state index contributed by atoms with van der Waals surface area (Å²) in [4.78, 5) is 2.64. The average Bonchev–Trinajstić information content (AvgIpc) is 2.94. The van der Waals surface area contributed by atoms with E-state index in [-0.39, 0.29) is 0 Å². The van der Waals surface area contributed by atoms with Crippen LogP contribution in [0.15, 0.2) is 30.3 Å². The van der Waals surface area contributed by atoms with Crippen LogP contribution in [0.1, 0.15) is 29.2 Å². The van der Waals surface area contributed by atoms with Gasteiger partial charge < -0.3 is 9.47 Å². The number of benzene rings is 1. The monoisotopic (exact) mass is 354 g/mol. The van der Waals surface area contributed by atoms with Crippen molar-refractivity contribution in [3.63, 3.8) is 0 Å². The van der Waals surface area contributed by atoms with Crippen LogP contribution in [0.4, 0.5) is 0 Å². The first kappa shape index (κ1) is 15.4. The van der Waals surface area contributed by atoms with Crippen molar-refractivity contribution < 1.29 is 9.47 Å². The minimum atomic E-state index is 0.596. The molecule has 1 heterocycles. The molecule has 0 bridgehead atoms. The first-order valence-electron chi connectivity index (χ1n) is 6.78. The quantitative estimate of drug-likeness (QED) is 0.637. The maximum absolute atomic E-state index is 5.90. The van der Waals surface area contributed by atoms with E-state index in [4.69, 9.17) is 9.47 Å². The van der Waals surface area contributed by atoms with Gasteiger partial charge >= 0.3 is 0 Å². The van der Waals surface area contributed by atoms with Gasteiger partial charge in [-0.15, -0.1) is 11.3 Å². The lowest BCUT2D eigenvalue weighted by atomic mass is 10.2. The zero-order valence-corrected chi connectivity index (χ0v) is 14.2. The van der Waals surface area contributed by atoms with Gasteiger partial charge in [0.05, 0.1) is 6.61 Å². The number of thiophene rings is 1. The van der Waals surface area contributed by atoms with Crippen molar-refractivity contribution >= 4 is 27.3 Å². The third-order valence-electron chi connectivity index (χ3n) is 2.90. The molecule has 108 valence electrons. The average molecular weight is 355 g/mol. The number of ether oxygens (including phenoxy) is 2. The molecule has 2 rings (SSSR count). The third-order valence-corrected chi connectivity index (χ3v) is 4.75. The molecule has 0 radical (unpaired) electrons. The Balaban J connectivity index is 2.07. The predicted molar refractivity (Wildman–Crippen MR) is 88.3 cm³/mol. The Morgan fingerprint density at radius 3 is 2.45 bits per heavy atom. The Morgan fingerprint density at radius 2 is 1.80 bits per heavy atom. The van der Waals surface area contributed by atoms with E-state index in [9.17, 15) is 0 Å². The highest BCUT2D eigenvalue weighted by molar-refractivity contribution is 9.08. The summed E-state index contributed by atoms with van der Waals surface area (Å²) in [5.41, 5.74) is 1.19. The molecule has 0 N–H and O–H groups in total. The van der Waals surface area contributed by atoms with Gasteiger partial charge in [-0.3, -0.25) is 0 Å². The maximum atomic E-state index is 5.90. The summed E-state index contributed by atoms with van der Waals surface area (Å²) in [6.07, 6.45) is 1.08. The molecule has 1 aromatic heterocycles. The molecule has 20 heavy (non-hydrogen) atoms. The zero-order chi connectivity index (χ0) is 14.4. The van der Waals surface area contributed by atoms with Crippen molar-refractivity contribution in [1.29, 1.82) is 0 Å². The minimum Gasteiger partial charge on any atom is -0.490 e. The summed E-state index contributed by atoms with van der Waals surface area (Å²) >= 11 is 5.26. The number of alkyl halides is 1. The van der Waals surface area contributed by atoms with Crippen LogP contribution in [-0.4, -0.2) is 6.61 Å². The van der Waals surface area contributed by atoms with Crippen molar-refractivity contribution in [2.45, 2.75) is 32.2 Å². The van der Waals surface area contributed by atoms with Gasteiger partial charge in [0.2, 0.25) is 0 Å². The summed E-state index contributed by atoms with van der Waals surface area (Å²) in [5, 5.41) is 0.818. The third kappa shape index (κ3) is 4.00. The molecular weight excluding hydrogens is 336 g/mol. The fourth-order valence-electron chi connectivity index (χ4n) is 1.86. The molecule has 2 aromatic rings. The first-order valence-corrected chi connectivity index (χ1v) is 8.72. The Bertz CT molecular complexity index is 551. The standard InChI is InChI=1S/C16H19BrO2S/c1-3-13-6-7-14(20-13)11-19-15-8-5-12(10-17)9-16(15)18-4-2/h5-9H,3-4,10-11H2,1-2H3. The summed E-state index contributed by atoms with van der Waals surface area (Å²) in [7, 11) is 0. The molecule has 0 spiro atoms. The Morgan fingerprint density at radius 1 is 1.00 bits per heavy atom. The van der Waals surface area contributed by atoms with Crippen molar-refractivity contribution in [2.75, 3.05) is 6.61 Å². The van der Waals surface area contributed by atoms with Crippen molar-refractivity contribution in [1.82, 2.24) is 0 Å². The molecule has 1 aromatic carbocycles. The summed E-state index contributed by atoms with van der Waals surface area (Å²) < 4.78 is 11.6. The van der Waals surface area contributed by atoms with E-state index >= 15 is 0 Å². The van der Waals surface area contributed by atoms with Crippen LogP contribution in [0.25, 0.3) is 0 Å². The number of aryl methyl sites for hydroxylation is 1. The zero-order valence-electron chi connectivity index (χ0n) is 11.8. The van der Waals surface area contributed by atoms with Crippen LogP contribution in [-0.2, 0) is 18.4 Å². The highest BCUT2D eigenvalue weighted by Crippen LogP contribution is 2.30. The lowest BCUT2D eigenvalue weighted by molar-refractivity contribution is 0.271. The Kier molecular flexibility index (Phi) is 5.92. The maximum Gasteiger partial charge on any atom is 0.161 e. The van der Waals surface area contributed by atoms with Crippen LogP contribution in [0.3, 0.4) is 0 Å². The SMILES string of the molecule is CCOc1cc(CBr)ccc1OCc1ccc(CC)s1. The second-order valence-electron chi connectivity index (χ2n) is 4.36. The van der Waals surface area contributed by atoms with E-state index in [1.54, 1.807) is 11.3 Å². The second-order valence-corrected chi connectivity index (χ2v) is 6.17. The van der Waals surface area contributed by atoms with Gasteiger partial charge in [0, 0.05) is 15.1 Å². The summed E-state index contributed by atoms with van der Waals surface area (Å²) in [6, 6.07) is 10.4. The number of hydrogen-bond donors (Lipinski definition) is 0. The van der Waals surface area contributed by atoms with Gasteiger partial charge in [0.25, 0.3) is 0 Å². The van der Waals surface area contributed by atoms with Crippen LogP contribution < -0.4 is 9.47 Å². The summed E-state index contributed by atoms with van der Waals surface area (Å²) in [5.74, 6) is 1.62. The largest absolute Gasteiger partial charge is 0.490 e. The molecule has 0 saturated heterocycles. The van der Waals surface area contributed by atoms with Crippen LogP contribution in [0.2, 0.25) is 0 Å². The molecule has 4 heteroatoms. The van der Waals surface area contributed by atoms with Crippen molar-refractivity contribution in [3.8, 4) is 11.5 Å². The fraction of sp³-hybridized carbons (Fsp3) is 0.375. The summed E-state index contributed by atoms with van der Waals surface area (Å²) in [6.45, 7) is 5.39. The van der Waals surface area contributed by atoms with E-state index in [0.717, 1.165) is 23.2 Å². The molecular formula is C16H19BrO2S. The van der Waals surface area contributed by atoms with E-state index in [2.05, 4.69) is 41.1 Å². The number of hydrogen-bond acceptors (Lipinski definition) is 3. The van der Waals surface area contributed by atoms with Crippen LogP contribution in [0.5, 0.6) is 11.5 Å². The normalized spacial score (nSPS) is 10.6. The first-order chi connectivity index (χ1) is 9.76. The molecule has 0 aliphatic rings. The molecule has 0 amide bonds. The van der Waals surface area contributed by atoms with E-state index in [0.29, 0.717) is 13.2 Å². The van der Waals surface area contributed by atoms with Crippen molar-refractivity contribution in [3.05, 3.63) is 45.6 Å². The highest BCUT2D eigenvalue weighted by Gasteiger charge is 2.07. The Labute approximate surface area is 132 Å². The lowest BCUT2D eigenvalue weighted by Gasteiger charge is -2.12. The number of rotatable bonds is 7. The molecule has 0 atom stereocenters. The van der Waals surface area contributed by atoms with Gasteiger partial charge in [-0.2, -0.15) is 0 Å². The predicted octanol–water partition coefficient (Wildman–Crippen LogP) is 5.18. The van der Waals surface area contributed by atoms with Gasteiger partial charge in [-0.1, -0.05) is 28.9 Å². The van der Waals surface area contributed by atoms with Crippen LogP contribution in [0, 0.1) is 0 Å². The molecule has 0 aliphatic carbocycles. The smallest absolute Gasteiger partial charge is 0.161 e. The minimum absolute atomic E-state index is 0.596. The second kappa shape index (κ2) is 7.70. The molecule has 0 fully saturated rings. The molecule has 0 saturated carbocycles. The van der Waals surface area contributed by atoms with E-state index < -0.39 is 0 Å². The molecule has 0 unspecified atom stereocenters. The number of halogens is 1. The van der Waals surface area contributed by atoms with Gasteiger partial charge in [-0.05, 0) is 43.2 Å². The van der Waals surface area contributed by atoms with E-state index in [1.165, 1.54) is 15.3 Å². The van der Waals surface area contributed by atoms with Crippen molar-refractivity contribution in [2.24, 2.45) is 0 Å². The van der Waals surface area contributed by atoms with Gasteiger partial charge in [0.15, 0.2) is 11.5 Å². The van der Waals surface area contributed by atoms with Gasteiger partial charge in [-0.25, -0.2) is 0 Å². The molecule has 0 aliphatic heterocycles. The topological polar surface area (TPSA) is 18.5 Å².